The molecule has 6 heteroatoms. The highest BCUT2D eigenvalue weighted by atomic mass is 16.6. The zero-order valence-corrected chi connectivity index (χ0v) is 11.9. The summed E-state index contributed by atoms with van der Waals surface area (Å²) >= 11 is 0. The summed E-state index contributed by atoms with van der Waals surface area (Å²) in [6.07, 6.45) is -0.752. The molecule has 20 heavy (non-hydrogen) atoms. The molecule has 1 rings (SSSR count). The maximum atomic E-state index is 11.7. The molecule has 1 atom stereocenters. The van der Waals surface area contributed by atoms with Crippen LogP contribution in [0, 0.1) is 0 Å². The average molecular weight is 281 g/mol. The SMILES string of the molecule is CC(C(=O)O)c1cccc(O)c1NC(=O)OC(C)(C)C. The fourth-order valence-corrected chi connectivity index (χ4v) is 1.59. The second-order valence-electron chi connectivity index (χ2n) is 5.43. The Kier molecular flexibility index (Phi) is 4.60. The predicted octanol–water partition coefficient (Wildman–Crippen LogP) is 2.93. The van der Waals surface area contributed by atoms with E-state index < -0.39 is 23.6 Å². The molecule has 0 heterocycles. The zero-order chi connectivity index (χ0) is 15.5. The summed E-state index contributed by atoms with van der Waals surface area (Å²) < 4.78 is 5.08. The number of rotatable bonds is 3. The van der Waals surface area contributed by atoms with E-state index in [1.165, 1.54) is 25.1 Å². The van der Waals surface area contributed by atoms with Gasteiger partial charge < -0.3 is 14.9 Å². The molecule has 0 saturated heterocycles. The van der Waals surface area contributed by atoms with Gasteiger partial charge in [-0.15, -0.1) is 0 Å². The molecule has 6 nitrogen and oxygen atoms in total. The van der Waals surface area contributed by atoms with Gasteiger partial charge in [0.05, 0.1) is 11.6 Å². The lowest BCUT2D eigenvalue weighted by Crippen LogP contribution is -2.27. The van der Waals surface area contributed by atoms with E-state index in [1.54, 1.807) is 20.8 Å². The van der Waals surface area contributed by atoms with Gasteiger partial charge in [0, 0.05) is 0 Å². The van der Waals surface area contributed by atoms with Crippen LogP contribution < -0.4 is 5.32 Å². The molecule has 0 bridgehead atoms. The van der Waals surface area contributed by atoms with Crippen LogP contribution in [0.1, 0.15) is 39.2 Å². The number of para-hydroxylation sites is 1. The molecule has 0 aromatic heterocycles. The minimum atomic E-state index is -1.05. The lowest BCUT2D eigenvalue weighted by Gasteiger charge is -2.21. The van der Waals surface area contributed by atoms with E-state index in [9.17, 15) is 14.7 Å². The Morgan fingerprint density at radius 3 is 2.40 bits per heavy atom. The molecule has 0 spiro atoms. The molecule has 3 N–H and O–H groups in total. The third kappa shape index (κ3) is 4.15. The van der Waals surface area contributed by atoms with E-state index in [4.69, 9.17) is 9.84 Å². The van der Waals surface area contributed by atoms with Crippen molar-refractivity contribution in [3.63, 3.8) is 0 Å². The van der Waals surface area contributed by atoms with Gasteiger partial charge in [-0.1, -0.05) is 12.1 Å². The third-order valence-corrected chi connectivity index (χ3v) is 2.54. The highest BCUT2D eigenvalue weighted by Gasteiger charge is 2.23. The van der Waals surface area contributed by atoms with Crippen molar-refractivity contribution in [2.75, 3.05) is 5.32 Å². The fourth-order valence-electron chi connectivity index (χ4n) is 1.59. The Morgan fingerprint density at radius 2 is 1.90 bits per heavy atom. The topological polar surface area (TPSA) is 95.9 Å². The van der Waals surface area contributed by atoms with E-state index in [1.807, 2.05) is 0 Å². The van der Waals surface area contributed by atoms with Crippen LogP contribution in [-0.4, -0.2) is 27.9 Å². The Labute approximate surface area is 117 Å². The summed E-state index contributed by atoms with van der Waals surface area (Å²) in [6.45, 7) is 6.59. The van der Waals surface area contributed by atoms with Gasteiger partial charge in [0.2, 0.25) is 0 Å². The average Bonchev–Trinajstić information content (AvgIpc) is 2.28. The van der Waals surface area contributed by atoms with Crippen molar-refractivity contribution in [2.24, 2.45) is 0 Å². The number of ether oxygens (including phenoxy) is 1. The molecule has 0 saturated carbocycles. The van der Waals surface area contributed by atoms with Crippen LogP contribution in [0.5, 0.6) is 5.75 Å². The largest absolute Gasteiger partial charge is 0.506 e. The lowest BCUT2D eigenvalue weighted by atomic mass is 9.99. The number of hydrogen-bond acceptors (Lipinski definition) is 4. The Balaban J connectivity index is 3.05. The van der Waals surface area contributed by atoms with Gasteiger partial charge in [-0.3, -0.25) is 10.1 Å². The summed E-state index contributed by atoms with van der Waals surface area (Å²) in [5.41, 5.74) is -0.326. The highest BCUT2D eigenvalue weighted by molar-refractivity contribution is 5.90. The Bertz CT molecular complexity index is 519. The summed E-state index contributed by atoms with van der Waals surface area (Å²) in [5.74, 6) is -2.13. The second kappa shape index (κ2) is 5.81. The first kappa shape index (κ1) is 15.8. The van der Waals surface area contributed by atoms with Crippen LogP contribution in [-0.2, 0) is 9.53 Å². The predicted molar refractivity (Wildman–Crippen MR) is 74.0 cm³/mol. The molecule has 0 fully saturated rings. The molecule has 0 aliphatic carbocycles. The van der Waals surface area contributed by atoms with Gasteiger partial charge in [0.25, 0.3) is 0 Å². The first-order valence-corrected chi connectivity index (χ1v) is 6.16. The van der Waals surface area contributed by atoms with Crippen LogP contribution >= 0.6 is 0 Å². The van der Waals surface area contributed by atoms with Gasteiger partial charge in [-0.25, -0.2) is 4.79 Å². The van der Waals surface area contributed by atoms with E-state index in [0.717, 1.165) is 0 Å². The van der Waals surface area contributed by atoms with Crippen LogP contribution in [0.2, 0.25) is 0 Å². The molecule has 1 aromatic carbocycles. The van der Waals surface area contributed by atoms with Gasteiger partial charge in [-0.2, -0.15) is 0 Å². The maximum absolute atomic E-state index is 11.7. The first-order valence-electron chi connectivity index (χ1n) is 6.16. The molecule has 0 radical (unpaired) electrons. The van der Waals surface area contributed by atoms with Crippen molar-refractivity contribution in [2.45, 2.75) is 39.2 Å². The minimum Gasteiger partial charge on any atom is -0.506 e. The highest BCUT2D eigenvalue weighted by Crippen LogP contribution is 2.33. The smallest absolute Gasteiger partial charge is 0.412 e. The first-order chi connectivity index (χ1) is 9.11. The van der Waals surface area contributed by atoms with Gasteiger partial charge in [0.15, 0.2) is 0 Å². The number of aliphatic carboxylic acids is 1. The van der Waals surface area contributed by atoms with Crippen LogP contribution in [0.4, 0.5) is 10.5 Å². The third-order valence-electron chi connectivity index (χ3n) is 2.54. The van der Waals surface area contributed by atoms with Crippen molar-refractivity contribution >= 4 is 17.7 Å². The number of benzene rings is 1. The number of hydrogen-bond donors (Lipinski definition) is 3. The monoisotopic (exact) mass is 281 g/mol. The quantitative estimate of drug-likeness (QED) is 0.740. The van der Waals surface area contributed by atoms with E-state index in [0.29, 0.717) is 5.56 Å². The minimum absolute atomic E-state index is 0.0525. The number of amides is 1. The number of carbonyl (C=O) groups excluding carboxylic acids is 1. The number of aromatic hydroxyl groups is 1. The molecule has 110 valence electrons. The number of anilines is 1. The van der Waals surface area contributed by atoms with E-state index in [2.05, 4.69) is 5.32 Å². The Hall–Kier alpha value is -2.24. The van der Waals surface area contributed by atoms with E-state index >= 15 is 0 Å². The molecular formula is C14H19NO5. The van der Waals surface area contributed by atoms with Gasteiger partial charge >= 0.3 is 12.1 Å². The second-order valence-corrected chi connectivity index (χ2v) is 5.43. The van der Waals surface area contributed by atoms with Crippen LogP contribution in [0.25, 0.3) is 0 Å². The molecular weight excluding hydrogens is 262 g/mol. The summed E-state index contributed by atoms with van der Waals surface area (Å²) in [6, 6.07) is 4.42. The summed E-state index contributed by atoms with van der Waals surface area (Å²) in [5, 5.41) is 21.2. The van der Waals surface area contributed by atoms with Crippen molar-refractivity contribution in [3.8, 4) is 5.75 Å². The maximum Gasteiger partial charge on any atom is 0.412 e. The lowest BCUT2D eigenvalue weighted by molar-refractivity contribution is -0.138. The van der Waals surface area contributed by atoms with Crippen LogP contribution in [0.3, 0.4) is 0 Å². The molecule has 1 unspecified atom stereocenters. The van der Waals surface area contributed by atoms with Crippen molar-refractivity contribution in [1.29, 1.82) is 0 Å². The molecule has 0 aliphatic heterocycles. The number of carboxylic acid groups (broad SMARTS) is 1. The zero-order valence-electron chi connectivity index (χ0n) is 11.9. The van der Waals surface area contributed by atoms with Gasteiger partial charge in [-0.05, 0) is 39.3 Å². The van der Waals surface area contributed by atoms with E-state index in [-0.39, 0.29) is 11.4 Å². The number of phenols is 1. The van der Waals surface area contributed by atoms with Crippen LogP contribution in [0.15, 0.2) is 18.2 Å². The number of phenolic OH excluding ortho intramolecular Hbond substituents is 1. The molecule has 0 aliphatic rings. The number of nitrogens with one attached hydrogen (secondary N) is 1. The number of carbonyl (C=O) groups is 2. The fraction of sp³-hybridized carbons (Fsp3) is 0.429. The standard InChI is InChI=1S/C14H19NO5/c1-8(12(17)18)9-6-5-7-10(16)11(9)15-13(19)20-14(2,3)4/h5-8,16H,1-4H3,(H,15,19)(H,17,18). The van der Waals surface area contributed by atoms with Gasteiger partial charge in [0.1, 0.15) is 11.4 Å². The summed E-state index contributed by atoms with van der Waals surface area (Å²) in [4.78, 5) is 22.8. The van der Waals surface area contributed by atoms with Crippen molar-refractivity contribution in [1.82, 2.24) is 0 Å². The van der Waals surface area contributed by atoms with Crippen molar-refractivity contribution in [3.05, 3.63) is 23.8 Å². The molecule has 1 amide bonds. The Morgan fingerprint density at radius 1 is 1.30 bits per heavy atom. The molecule has 1 aromatic rings. The summed E-state index contributed by atoms with van der Waals surface area (Å²) in [7, 11) is 0. The number of carboxylic acids is 1. The van der Waals surface area contributed by atoms with Crippen molar-refractivity contribution < 1.29 is 24.5 Å². The normalized spacial score (nSPS) is 12.6.